The molecule has 5 aromatic rings. The molecule has 0 aliphatic rings. The Morgan fingerprint density at radius 1 is 0.838 bits per heavy atom. The minimum atomic E-state index is 0.602. The van der Waals surface area contributed by atoms with E-state index in [0.717, 1.165) is 24.0 Å². The molecular formula is C34H40N2O. The molecule has 0 saturated heterocycles. The van der Waals surface area contributed by atoms with E-state index in [4.69, 9.17) is 9.83 Å². The van der Waals surface area contributed by atoms with Crippen molar-refractivity contribution in [1.82, 2.24) is 4.98 Å². The minimum absolute atomic E-state index is 0.602. The molecule has 0 unspecified atom stereocenters. The second kappa shape index (κ2) is 13.5. The summed E-state index contributed by atoms with van der Waals surface area (Å²) in [6.45, 7) is 12.7. The summed E-state index contributed by atoms with van der Waals surface area (Å²) in [6, 6.07) is 25.3. The summed E-state index contributed by atoms with van der Waals surface area (Å²) < 4.78 is 6.34. The number of aromatic amines is 1. The second-order valence-electron chi connectivity index (χ2n) is 9.45. The number of aromatic nitrogens is 1. The van der Waals surface area contributed by atoms with E-state index in [1.54, 1.807) is 6.08 Å². The van der Waals surface area contributed by atoms with E-state index < -0.39 is 0 Å². The largest absolute Gasteiger partial charge is 0.455 e. The number of rotatable bonds is 6. The maximum Gasteiger partial charge on any atom is 0.139 e. The van der Waals surface area contributed by atoms with Crippen molar-refractivity contribution in [3.63, 3.8) is 0 Å². The second-order valence-corrected chi connectivity index (χ2v) is 9.45. The third kappa shape index (κ3) is 6.89. The highest BCUT2D eigenvalue weighted by Crippen LogP contribution is 2.35. The van der Waals surface area contributed by atoms with E-state index in [9.17, 15) is 0 Å². The molecule has 2 aromatic heterocycles. The number of allylic oxidation sites excluding steroid dienone is 2. The number of para-hydroxylation sites is 1. The Morgan fingerprint density at radius 3 is 2.22 bits per heavy atom. The Hall–Kier alpha value is -3.85. The Kier molecular flexibility index (Phi) is 10.1. The molecule has 0 spiro atoms. The Balaban J connectivity index is 0.000000228. The Bertz CT molecular complexity index is 1450. The normalized spacial score (nSPS) is 10.9. The van der Waals surface area contributed by atoms with Crippen molar-refractivity contribution in [2.24, 2.45) is 5.92 Å². The number of fused-ring (bicyclic) bond motifs is 3. The molecule has 3 aromatic carbocycles. The van der Waals surface area contributed by atoms with Crippen molar-refractivity contribution in [3.8, 4) is 11.3 Å². The van der Waals surface area contributed by atoms with Crippen LogP contribution < -0.4 is 0 Å². The molecule has 192 valence electrons. The molecule has 3 nitrogen and oxygen atoms in total. The molecule has 0 aliphatic carbocycles. The van der Waals surface area contributed by atoms with Gasteiger partial charge in [-0.1, -0.05) is 94.4 Å². The van der Waals surface area contributed by atoms with E-state index in [2.05, 4.69) is 87.3 Å². The summed E-state index contributed by atoms with van der Waals surface area (Å²) in [5, 5.41) is 9.52. The van der Waals surface area contributed by atoms with Gasteiger partial charge in [0.2, 0.25) is 0 Å². The van der Waals surface area contributed by atoms with Crippen molar-refractivity contribution >= 4 is 28.2 Å². The zero-order valence-corrected chi connectivity index (χ0v) is 23.1. The molecule has 0 aliphatic heterocycles. The predicted octanol–water partition coefficient (Wildman–Crippen LogP) is 9.86. The summed E-state index contributed by atoms with van der Waals surface area (Å²) >= 11 is 0. The first-order chi connectivity index (χ1) is 18.0. The zero-order chi connectivity index (χ0) is 26.8. The lowest BCUT2D eigenvalue weighted by Gasteiger charge is -2.04. The standard InChI is InChI=1S/C21H23NO.C11H11N.C2H6/c1-14(2)13-16-7-6-9-18-19-11-10-15(3)17(8-4-5-12-22)21(19)23-20(16)18;1-9-7-8-11(12-9)10-5-3-2-4-6-10;1-2/h4-7,9-12,14,22H,8,13H2,1-3H3;2-8,12H,1H3;1-2H3/b5-4-,22-12?;;. The average molecular weight is 493 g/mol. The van der Waals surface area contributed by atoms with Crippen LogP contribution in [0, 0.1) is 25.2 Å². The molecule has 2 heterocycles. The zero-order valence-electron chi connectivity index (χ0n) is 23.1. The van der Waals surface area contributed by atoms with E-state index in [1.807, 2.05) is 38.1 Å². The fraction of sp³-hybridized carbons (Fsp3) is 0.265. The van der Waals surface area contributed by atoms with Crippen LogP contribution in [0.5, 0.6) is 0 Å². The number of benzene rings is 3. The van der Waals surface area contributed by atoms with Crippen LogP contribution in [-0.4, -0.2) is 11.2 Å². The van der Waals surface area contributed by atoms with Gasteiger partial charge in [0, 0.05) is 33.9 Å². The van der Waals surface area contributed by atoms with Gasteiger partial charge >= 0.3 is 0 Å². The van der Waals surface area contributed by atoms with E-state index in [0.29, 0.717) is 5.92 Å². The van der Waals surface area contributed by atoms with Gasteiger partial charge in [-0.3, -0.25) is 0 Å². The number of nitrogens with one attached hydrogen (secondary N) is 2. The molecule has 0 atom stereocenters. The van der Waals surface area contributed by atoms with Crippen molar-refractivity contribution in [2.75, 3.05) is 0 Å². The third-order valence-electron chi connectivity index (χ3n) is 6.18. The third-order valence-corrected chi connectivity index (χ3v) is 6.18. The number of H-pyrrole nitrogens is 1. The molecule has 3 heteroatoms. The van der Waals surface area contributed by atoms with Crippen molar-refractivity contribution < 1.29 is 4.42 Å². The maximum absolute atomic E-state index is 7.13. The lowest BCUT2D eigenvalue weighted by Crippen LogP contribution is -1.93. The highest BCUT2D eigenvalue weighted by molar-refractivity contribution is 6.07. The minimum Gasteiger partial charge on any atom is -0.455 e. The van der Waals surface area contributed by atoms with E-state index in [-0.39, 0.29) is 0 Å². The van der Waals surface area contributed by atoms with Crippen LogP contribution in [0.15, 0.2) is 89.4 Å². The lowest BCUT2D eigenvalue weighted by molar-refractivity contribution is 0.622. The molecule has 0 fully saturated rings. The number of hydrogen-bond donors (Lipinski definition) is 2. The van der Waals surface area contributed by atoms with Gasteiger partial charge in [-0.05, 0) is 67.5 Å². The summed E-state index contributed by atoms with van der Waals surface area (Å²) in [7, 11) is 0. The number of furan rings is 1. The summed E-state index contributed by atoms with van der Waals surface area (Å²) in [4.78, 5) is 3.29. The van der Waals surface area contributed by atoms with E-state index >= 15 is 0 Å². The topological polar surface area (TPSA) is 52.8 Å². The van der Waals surface area contributed by atoms with Gasteiger partial charge < -0.3 is 14.8 Å². The first-order valence-corrected chi connectivity index (χ1v) is 13.3. The van der Waals surface area contributed by atoms with Crippen LogP contribution in [-0.2, 0) is 12.8 Å². The monoisotopic (exact) mass is 492 g/mol. The SMILES string of the molecule is CC.Cc1ccc(-c2ccccc2)[nH]1.Cc1ccc2c(oc3c(CC(C)C)cccc32)c1C/C=C\C=N. The fourth-order valence-electron chi connectivity index (χ4n) is 4.47. The molecule has 5 rings (SSSR count). The van der Waals surface area contributed by atoms with Gasteiger partial charge in [0.05, 0.1) is 0 Å². The fourth-order valence-corrected chi connectivity index (χ4v) is 4.47. The number of aryl methyl sites for hydroxylation is 2. The predicted molar refractivity (Wildman–Crippen MR) is 161 cm³/mol. The van der Waals surface area contributed by atoms with Gasteiger partial charge in [-0.15, -0.1) is 0 Å². The molecule has 0 bridgehead atoms. The molecule has 37 heavy (non-hydrogen) atoms. The summed E-state index contributed by atoms with van der Waals surface area (Å²) in [5.41, 5.74) is 9.38. The Labute approximate surface area is 221 Å². The van der Waals surface area contributed by atoms with Crippen molar-refractivity contribution in [3.05, 3.63) is 107 Å². The first kappa shape index (κ1) is 27.7. The van der Waals surface area contributed by atoms with Gasteiger partial charge in [0.15, 0.2) is 0 Å². The average Bonchev–Trinajstić information content (AvgIpc) is 3.52. The highest BCUT2D eigenvalue weighted by atomic mass is 16.3. The highest BCUT2D eigenvalue weighted by Gasteiger charge is 2.15. The van der Waals surface area contributed by atoms with Crippen LogP contribution in [0.25, 0.3) is 33.2 Å². The lowest BCUT2D eigenvalue weighted by atomic mass is 9.99. The smallest absolute Gasteiger partial charge is 0.139 e. The molecule has 2 N–H and O–H groups in total. The summed E-state index contributed by atoms with van der Waals surface area (Å²) in [6.07, 6.45) is 6.91. The van der Waals surface area contributed by atoms with Crippen molar-refractivity contribution in [1.29, 1.82) is 5.41 Å². The van der Waals surface area contributed by atoms with E-state index in [1.165, 1.54) is 50.6 Å². The first-order valence-electron chi connectivity index (χ1n) is 13.3. The van der Waals surface area contributed by atoms with Crippen LogP contribution in [0.2, 0.25) is 0 Å². The van der Waals surface area contributed by atoms with Crippen LogP contribution in [0.3, 0.4) is 0 Å². The van der Waals surface area contributed by atoms with Gasteiger partial charge in [0.1, 0.15) is 11.2 Å². The van der Waals surface area contributed by atoms with Crippen LogP contribution >= 0.6 is 0 Å². The van der Waals surface area contributed by atoms with Gasteiger partial charge in [-0.2, -0.15) is 0 Å². The van der Waals surface area contributed by atoms with Crippen LogP contribution in [0.4, 0.5) is 0 Å². The molecular weight excluding hydrogens is 452 g/mol. The summed E-state index contributed by atoms with van der Waals surface area (Å²) in [5.74, 6) is 0.602. The molecule has 0 amide bonds. The van der Waals surface area contributed by atoms with Crippen LogP contribution in [0.1, 0.15) is 50.1 Å². The van der Waals surface area contributed by atoms with Gasteiger partial charge in [0.25, 0.3) is 0 Å². The molecule has 0 radical (unpaired) electrons. The van der Waals surface area contributed by atoms with Crippen molar-refractivity contribution in [2.45, 2.75) is 54.4 Å². The number of hydrogen-bond acceptors (Lipinski definition) is 2. The maximum atomic E-state index is 7.13. The Morgan fingerprint density at radius 2 is 1.57 bits per heavy atom. The quantitative estimate of drug-likeness (QED) is 0.228. The molecule has 0 saturated carbocycles. The van der Waals surface area contributed by atoms with Gasteiger partial charge in [-0.25, -0.2) is 0 Å².